The molecule has 0 atom stereocenters. The normalized spacial score (nSPS) is 19.5. The summed E-state index contributed by atoms with van der Waals surface area (Å²) in [5.74, 6) is 0.174. The smallest absolute Gasteiger partial charge is 0.205 e. The van der Waals surface area contributed by atoms with E-state index in [9.17, 15) is 9.90 Å². The molecule has 30 heavy (non-hydrogen) atoms. The Balaban J connectivity index is 1.62. The SMILES string of the molecule is C[NH+]1CC[NH+](Cc2c(O)ccc3c(=O)c(-c4nc5ccccc5s4)c(N)oc23)CC1. The van der Waals surface area contributed by atoms with Crippen LogP contribution < -0.4 is 21.0 Å². The van der Waals surface area contributed by atoms with Gasteiger partial charge in [-0.05, 0) is 24.3 Å². The highest BCUT2D eigenvalue weighted by Gasteiger charge is 2.25. The van der Waals surface area contributed by atoms with E-state index in [2.05, 4.69) is 12.0 Å². The van der Waals surface area contributed by atoms with E-state index < -0.39 is 0 Å². The Morgan fingerprint density at radius 1 is 1.17 bits per heavy atom. The van der Waals surface area contributed by atoms with Gasteiger partial charge in [0, 0.05) is 0 Å². The Morgan fingerprint density at radius 3 is 2.70 bits per heavy atom. The van der Waals surface area contributed by atoms with Gasteiger partial charge in [0.15, 0.2) is 5.58 Å². The number of fused-ring (bicyclic) bond motifs is 2. The molecular formula is C22H24N4O3S+2. The predicted molar refractivity (Wildman–Crippen MR) is 118 cm³/mol. The summed E-state index contributed by atoms with van der Waals surface area (Å²) >= 11 is 1.42. The second-order valence-corrected chi connectivity index (χ2v) is 9.01. The van der Waals surface area contributed by atoms with Crippen molar-refractivity contribution in [1.82, 2.24) is 4.98 Å². The zero-order valence-corrected chi connectivity index (χ0v) is 17.5. The van der Waals surface area contributed by atoms with Gasteiger partial charge in [0.05, 0.1) is 28.2 Å². The highest BCUT2D eigenvalue weighted by Crippen LogP contribution is 2.34. The topological polar surface area (TPSA) is 98.2 Å². The van der Waals surface area contributed by atoms with E-state index in [1.54, 1.807) is 12.1 Å². The van der Waals surface area contributed by atoms with Crippen LogP contribution in [0.5, 0.6) is 5.75 Å². The molecule has 1 fully saturated rings. The van der Waals surface area contributed by atoms with Crippen molar-refractivity contribution in [2.45, 2.75) is 6.54 Å². The first kappa shape index (κ1) is 19.0. The van der Waals surface area contributed by atoms with Gasteiger partial charge in [-0.25, -0.2) is 4.98 Å². The van der Waals surface area contributed by atoms with E-state index in [4.69, 9.17) is 10.2 Å². The number of hydrogen-bond donors (Lipinski definition) is 4. The van der Waals surface area contributed by atoms with Gasteiger partial charge in [0.25, 0.3) is 0 Å². The van der Waals surface area contributed by atoms with Crippen LogP contribution in [-0.2, 0) is 6.54 Å². The average molecular weight is 425 g/mol. The maximum absolute atomic E-state index is 13.4. The molecule has 154 valence electrons. The molecule has 1 aliphatic rings. The highest BCUT2D eigenvalue weighted by molar-refractivity contribution is 7.21. The quantitative estimate of drug-likeness (QED) is 0.379. The second-order valence-electron chi connectivity index (χ2n) is 7.98. The third-order valence-corrected chi connectivity index (χ3v) is 6.96. The van der Waals surface area contributed by atoms with Crippen LogP contribution in [0.1, 0.15) is 5.56 Å². The molecule has 1 aliphatic heterocycles. The van der Waals surface area contributed by atoms with Crippen LogP contribution in [0.4, 0.5) is 5.88 Å². The predicted octanol–water partition coefficient (Wildman–Crippen LogP) is 0.271. The van der Waals surface area contributed by atoms with Crippen molar-refractivity contribution in [3.05, 3.63) is 52.2 Å². The van der Waals surface area contributed by atoms with Gasteiger partial charge in [0.2, 0.25) is 11.3 Å². The molecule has 0 spiro atoms. The monoisotopic (exact) mass is 424 g/mol. The first-order valence-electron chi connectivity index (χ1n) is 10.1. The molecule has 0 aliphatic carbocycles. The minimum Gasteiger partial charge on any atom is -0.507 e. The maximum Gasteiger partial charge on any atom is 0.205 e. The number of phenolic OH excluding ortho intramolecular Hbond substituents is 1. The van der Waals surface area contributed by atoms with Gasteiger partial charge in [-0.3, -0.25) is 4.79 Å². The van der Waals surface area contributed by atoms with Crippen LogP contribution in [0.2, 0.25) is 0 Å². The van der Waals surface area contributed by atoms with Gasteiger partial charge < -0.3 is 25.1 Å². The van der Waals surface area contributed by atoms with Gasteiger partial charge in [-0.1, -0.05) is 12.1 Å². The molecule has 2 aromatic carbocycles. The molecule has 7 nitrogen and oxygen atoms in total. The summed E-state index contributed by atoms with van der Waals surface area (Å²) in [6.45, 7) is 4.76. The van der Waals surface area contributed by atoms with Crippen molar-refractivity contribution in [2.75, 3.05) is 39.0 Å². The highest BCUT2D eigenvalue weighted by atomic mass is 32.1. The number of para-hydroxylation sites is 1. The molecule has 0 saturated carbocycles. The number of rotatable bonds is 3. The fraction of sp³-hybridized carbons (Fsp3) is 0.273. The van der Waals surface area contributed by atoms with Crippen molar-refractivity contribution >= 4 is 38.4 Å². The second kappa shape index (κ2) is 7.39. The van der Waals surface area contributed by atoms with Crippen molar-refractivity contribution in [1.29, 1.82) is 0 Å². The van der Waals surface area contributed by atoms with Gasteiger partial charge >= 0.3 is 0 Å². The number of aromatic hydroxyl groups is 1. The van der Waals surface area contributed by atoms with Crippen LogP contribution in [0.3, 0.4) is 0 Å². The van der Waals surface area contributed by atoms with E-state index in [-0.39, 0.29) is 22.6 Å². The number of piperazine rings is 1. The third kappa shape index (κ3) is 3.23. The molecule has 0 amide bonds. The number of aromatic nitrogens is 1. The number of quaternary nitrogens is 2. The molecule has 0 unspecified atom stereocenters. The Hall–Kier alpha value is -2.94. The van der Waals surface area contributed by atoms with Crippen LogP contribution in [0.15, 0.2) is 45.6 Å². The molecule has 2 aromatic heterocycles. The van der Waals surface area contributed by atoms with Crippen molar-refractivity contribution in [3.8, 4) is 16.3 Å². The summed E-state index contributed by atoms with van der Waals surface area (Å²) in [6, 6.07) is 10.9. The van der Waals surface area contributed by atoms with Crippen LogP contribution in [-0.4, -0.2) is 43.3 Å². The number of benzene rings is 2. The molecule has 0 bridgehead atoms. The maximum atomic E-state index is 13.4. The lowest BCUT2D eigenvalue weighted by Gasteiger charge is -2.27. The lowest BCUT2D eigenvalue weighted by Crippen LogP contribution is -3.26. The fourth-order valence-corrected chi connectivity index (χ4v) is 5.14. The van der Waals surface area contributed by atoms with E-state index in [0.29, 0.717) is 28.1 Å². The minimum atomic E-state index is -0.216. The summed E-state index contributed by atoms with van der Waals surface area (Å²) in [6.07, 6.45) is 0. The largest absolute Gasteiger partial charge is 0.507 e. The van der Waals surface area contributed by atoms with Gasteiger partial charge in [-0.2, -0.15) is 0 Å². The Labute approximate surface area is 177 Å². The number of nitrogens with two attached hydrogens (primary N) is 1. The standard InChI is InChI=1S/C22H22N4O3S/c1-25-8-10-26(11-9-25)12-14-16(27)7-6-13-19(28)18(21(23)29-20(13)14)22-24-15-4-2-3-5-17(15)30-22/h2-7,27H,8-12,23H2,1H3/p+2. The molecule has 1 saturated heterocycles. The fourth-order valence-electron chi connectivity index (χ4n) is 4.13. The lowest BCUT2D eigenvalue weighted by molar-refractivity contribution is -1.01. The van der Waals surface area contributed by atoms with Crippen LogP contribution >= 0.6 is 11.3 Å². The number of nitrogens with one attached hydrogen (secondary N) is 2. The number of thiazole rings is 1. The van der Waals surface area contributed by atoms with E-state index in [1.165, 1.54) is 21.1 Å². The Morgan fingerprint density at radius 2 is 1.93 bits per heavy atom. The summed E-state index contributed by atoms with van der Waals surface area (Å²) in [5, 5.41) is 11.5. The zero-order chi connectivity index (χ0) is 20.8. The summed E-state index contributed by atoms with van der Waals surface area (Å²) < 4.78 is 6.95. The number of nitrogens with zero attached hydrogens (tertiary/aromatic N) is 1. The van der Waals surface area contributed by atoms with Gasteiger partial charge in [-0.15, -0.1) is 11.3 Å². The first-order chi connectivity index (χ1) is 14.5. The van der Waals surface area contributed by atoms with Gasteiger partial charge in [0.1, 0.15) is 49.0 Å². The van der Waals surface area contributed by atoms with E-state index in [0.717, 1.165) is 36.4 Å². The lowest BCUT2D eigenvalue weighted by atomic mass is 10.1. The number of hydrogen-bond acceptors (Lipinski definition) is 6. The summed E-state index contributed by atoms with van der Waals surface area (Å²) in [7, 11) is 2.19. The van der Waals surface area contributed by atoms with Crippen molar-refractivity contribution in [2.24, 2.45) is 0 Å². The Bertz CT molecular complexity index is 1270. The Kier molecular flexibility index (Phi) is 4.69. The number of likely N-dealkylation sites (N-methyl/N-ethyl adjacent to an activating group) is 1. The van der Waals surface area contributed by atoms with Crippen LogP contribution in [0, 0.1) is 0 Å². The molecule has 3 heterocycles. The summed E-state index contributed by atoms with van der Waals surface area (Å²) in [4.78, 5) is 20.8. The molecule has 0 radical (unpaired) electrons. The van der Waals surface area contributed by atoms with E-state index >= 15 is 0 Å². The van der Waals surface area contributed by atoms with Crippen molar-refractivity contribution < 1.29 is 19.3 Å². The minimum absolute atomic E-state index is 0.0382. The van der Waals surface area contributed by atoms with E-state index in [1.807, 2.05) is 24.3 Å². The zero-order valence-electron chi connectivity index (χ0n) is 16.7. The van der Waals surface area contributed by atoms with Crippen LogP contribution in [0.25, 0.3) is 31.8 Å². The molecule has 8 heteroatoms. The van der Waals surface area contributed by atoms with Crippen molar-refractivity contribution in [3.63, 3.8) is 0 Å². The average Bonchev–Trinajstić information content (AvgIpc) is 3.15. The number of phenols is 1. The summed E-state index contributed by atoms with van der Waals surface area (Å²) in [5.41, 5.74) is 8.13. The molecule has 5 rings (SSSR count). The third-order valence-electron chi connectivity index (χ3n) is 5.91. The number of nitrogen functional groups attached to an aromatic ring is 1. The number of anilines is 1. The molecule has 4 aromatic rings. The molecule has 5 N–H and O–H groups in total. The molecular weight excluding hydrogens is 400 g/mol. The first-order valence-corrected chi connectivity index (χ1v) is 10.9.